The third kappa shape index (κ3) is 4.18. The first kappa shape index (κ1) is 14.8. The van der Waals surface area contributed by atoms with Gasteiger partial charge in [-0.2, -0.15) is 0 Å². The van der Waals surface area contributed by atoms with E-state index in [1.54, 1.807) is 11.8 Å². The zero-order valence-electron chi connectivity index (χ0n) is 11.1. The molecule has 2 rings (SSSR count). The van der Waals surface area contributed by atoms with E-state index in [1.807, 2.05) is 32.0 Å². The smallest absolute Gasteiger partial charge is 0.331 e. The topological polar surface area (TPSA) is 38.7 Å². The first-order valence-corrected chi connectivity index (χ1v) is 7.09. The lowest BCUT2D eigenvalue weighted by Gasteiger charge is -2.01. The van der Waals surface area contributed by atoms with E-state index in [1.165, 1.54) is 12.7 Å². The molecule has 1 aromatic rings. The summed E-state index contributed by atoms with van der Waals surface area (Å²) in [6.45, 7) is 4.00. The highest BCUT2D eigenvalue weighted by atomic mass is 32.2. The van der Waals surface area contributed by atoms with E-state index in [-0.39, 0.29) is 12.0 Å². The molecule has 0 aromatic heterocycles. The van der Waals surface area contributed by atoms with Crippen molar-refractivity contribution in [2.75, 3.05) is 12.9 Å². The second-order valence-corrected chi connectivity index (χ2v) is 4.63. The van der Waals surface area contributed by atoms with Crippen LogP contribution in [0, 0.1) is 0 Å². The summed E-state index contributed by atoms with van der Waals surface area (Å²) in [4.78, 5) is 15.6. The van der Waals surface area contributed by atoms with E-state index in [9.17, 15) is 4.79 Å². The van der Waals surface area contributed by atoms with Gasteiger partial charge in [0.25, 0.3) is 0 Å². The van der Waals surface area contributed by atoms with Gasteiger partial charge < -0.3 is 4.74 Å². The first-order chi connectivity index (χ1) is 8.79. The van der Waals surface area contributed by atoms with Crippen LogP contribution in [0.5, 0.6) is 0 Å². The molecule has 0 saturated heterocycles. The Morgan fingerprint density at radius 2 is 2.06 bits per heavy atom. The first-order valence-electron chi connectivity index (χ1n) is 6.11. The molecular formula is C14H19NO2S. The molecule has 1 aliphatic heterocycles. The van der Waals surface area contributed by atoms with Crippen molar-refractivity contribution in [3.05, 3.63) is 35.9 Å². The molecule has 4 heteroatoms. The molecule has 0 N–H and O–H groups in total. The van der Waals surface area contributed by atoms with Crippen molar-refractivity contribution >= 4 is 22.8 Å². The molecule has 3 nitrogen and oxygen atoms in total. The lowest BCUT2D eigenvalue weighted by molar-refractivity contribution is -0.141. The third-order valence-corrected chi connectivity index (χ3v) is 3.44. The molecule has 1 aromatic carbocycles. The molecule has 98 valence electrons. The van der Waals surface area contributed by atoms with Crippen molar-refractivity contribution in [2.45, 2.75) is 26.3 Å². The number of benzene rings is 1. The quantitative estimate of drug-likeness (QED) is 0.789. The molecule has 1 atom stereocenters. The van der Waals surface area contributed by atoms with Gasteiger partial charge in [0.2, 0.25) is 0 Å². The summed E-state index contributed by atoms with van der Waals surface area (Å²) < 4.78 is 4.67. The molecule has 0 aliphatic carbocycles. The van der Waals surface area contributed by atoms with Gasteiger partial charge in [0.05, 0.1) is 12.2 Å². The maximum atomic E-state index is 11.3. The van der Waals surface area contributed by atoms with Gasteiger partial charge in [-0.3, -0.25) is 4.99 Å². The molecule has 0 saturated carbocycles. The Balaban J connectivity index is 0.000000771. The average molecular weight is 265 g/mol. The van der Waals surface area contributed by atoms with Crippen LogP contribution in [0.15, 0.2) is 35.3 Å². The Morgan fingerprint density at radius 1 is 1.39 bits per heavy atom. The van der Waals surface area contributed by atoms with Gasteiger partial charge in [0.1, 0.15) is 0 Å². The summed E-state index contributed by atoms with van der Waals surface area (Å²) in [5.74, 6) is 0.463. The van der Waals surface area contributed by atoms with Gasteiger partial charge in [-0.25, -0.2) is 4.79 Å². The molecule has 0 radical (unpaired) electrons. The summed E-state index contributed by atoms with van der Waals surface area (Å²) in [6.07, 6.45) is 0.805. The SMILES string of the molecule is CC.COC(=O)[C@@H]1CSC(Cc2ccccc2)=N1. The van der Waals surface area contributed by atoms with Gasteiger partial charge in [0, 0.05) is 12.2 Å². The van der Waals surface area contributed by atoms with Crippen LogP contribution in [-0.2, 0) is 16.0 Å². The van der Waals surface area contributed by atoms with Gasteiger partial charge in [-0.15, -0.1) is 11.8 Å². The van der Waals surface area contributed by atoms with Gasteiger partial charge >= 0.3 is 5.97 Å². The van der Waals surface area contributed by atoms with Crippen molar-refractivity contribution < 1.29 is 9.53 Å². The maximum Gasteiger partial charge on any atom is 0.331 e. The summed E-state index contributed by atoms with van der Waals surface area (Å²) in [5, 5.41) is 1.02. The third-order valence-electron chi connectivity index (χ3n) is 2.38. The number of thioether (sulfide) groups is 1. The minimum atomic E-state index is -0.311. The molecular weight excluding hydrogens is 246 g/mol. The maximum absolute atomic E-state index is 11.3. The number of carbonyl (C=O) groups is 1. The summed E-state index contributed by atoms with van der Waals surface area (Å²) in [5.41, 5.74) is 1.22. The van der Waals surface area contributed by atoms with E-state index >= 15 is 0 Å². The van der Waals surface area contributed by atoms with Crippen molar-refractivity contribution in [3.63, 3.8) is 0 Å². The molecule has 0 fully saturated rings. The zero-order chi connectivity index (χ0) is 13.4. The fourth-order valence-electron chi connectivity index (χ4n) is 1.55. The van der Waals surface area contributed by atoms with Crippen LogP contribution in [0.2, 0.25) is 0 Å². The van der Waals surface area contributed by atoms with Crippen LogP contribution in [0.3, 0.4) is 0 Å². The van der Waals surface area contributed by atoms with Crippen LogP contribution in [-0.4, -0.2) is 29.9 Å². The molecule has 0 amide bonds. The number of aliphatic imine (C=N–C) groups is 1. The Hall–Kier alpha value is -1.29. The lowest BCUT2D eigenvalue weighted by Crippen LogP contribution is -2.19. The summed E-state index contributed by atoms with van der Waals surface area (Å²) in [6, 6.07) is 9.82. The second-order valence-electron chi connectivity index (χ2n) is 3.54. The number of methoxy groups -OCH3 is 1. The van der Waals surface area contributed by atoms with Crippen LogP contribution in [0.25, 0.3) is 0 Å². The molecule has 18 heavy (non-hydrogen) atoms. The average Bonchev–Trinajstić information content (AvgIpc) is 2.90. The van der Waals surface area contributed by atoms with Crippen LogP contribution in [0.4, 0.5) is 0 Å². The number of rotatable bonds is 3. The van der Waals surface area contributed by atoms with Crippen molar-refractivity contribution in [2.24, 2.45) is 4.99 Å². The Morgan fingerprint density at radius 3 is 2.67 bits per heavy atom. The zero-order valence-corrected chi connectivity index (χ0v) is 11.9. The van der Waals surface area contributed by atoms with E-state index in [4.69, 9.17) is 0 Å². The number of hydrogen-bond donors (Lipinski definition) is 0. The number of esters is 1. The molecule has 0 bridgehead atoms. The lowest BCUT2D eigenvalue weighted by atomic mass is 10.2. The molecule has 0 unspecified atom stereocenters. The highest BCUT2D eigenvalue weighted by molar-refractivity contribution is 8.14. The normalized spacial score (nSPS) is 17.5. The molecule has 1 aliphatic rings. The number of ether oxygens (including phenoxy) is 1. The number of nitrogens with zero attached hydrogens (tertiary/aromatic N) is 1. The Bertz CT molecular complexity index is 404. The van der Waals surface area contributed by atoms with E-state index in [0.717, 1.165) is 11.5 Å². The number of hydrogen-bond acceptors (Lipinski definition) is 4. The molecule has 1 heterocycles. The highest BCUT2D eigenvalue weighted by Crippen LogP contribution is 2.21. The van der Waals surface area contributed by atoms with Gasteiger partial charge in [0.15, 0.2) is 6.04 Å². The standard InChI is InChI=1S/C12H13NO2S.C2H6/c1-15-12(14)10-8-16-11(13-10)7-9-5-3-2-4-6-9;1-2/h2-6,10H,7-8H2,1H3;1-2H3/t10-;/m0./s1. The predicted molar refractivity (Wildman–Crippen MR) is 77.2 cm³/mol. The fourth-order valence-corrected chi connectivity index (χ4v) is 2.58. The van der Waals surface area contributed by atoms with Gasteiger partial charge in [-0.1, -0.05) is 44.2 Å². The van der Waals surface area contributed by atoms with E-state index < -0.39 is 0 Å². The van der Waals surface area contributed by atoms with E-state index in [2.05, 4.69) is 21.9 Å². The highest BCUT2D eigenvalue weighted by Gasteiger charge is 2.25. The van der Waals surface area contributed by atoms with Crippen molar-refractivity contribution in [1.82, 2.24) is 0 Å². The van der Waals surface area contributed by atoms with Crippen LogP contribution < -0.4 is 0 Å². The predicted octanol–water partition coefficient (Wildman–Crippen LogP) is 2.94. The number of carbonyl (C=O) groups excluding carboxylic acids is 1. The summed E-state index contributed by atoms with van der Waals surface area (Å²) in [7, 11) is 1.40. The minimum absolute atomic E-state index is 0.240. The van der Waals surface area contributed by atoms with Crippen LogP contribution >= 0.6 is 11.8 Å². The Kier molecular flexibility index (Phi) is 6.50. The monoisotopic (exact) mass is 265 g/mol. The van der Waals surface area contributed by atoms with Gasteiger partial charge in [-0.05, 0) is 5.56 Å². The summed E-state index contributed by atoms with van der Waals surface area (Å²) >= 11 is 1.64. The fraction of sp³-hybridized carbons (Fsp3) is 0.429. The van der Waals surface area contributed by atoms with Crippen molar-refractivity contribution in [3.8, 4) is 0 Å². The largest absolute Gasteiger partial charge is 0.467 e. The Labute approximate surface area is 113 Å². The molecule has 0 spiro atoms. The van der Waals surface area contributed by atoms with Crippen LogP contribution in [0.1, 0.15) is 19.4 Å². The second kappa shape index (κ2) is 7.93. The minimum Gasteiger partial charge on any atom is -0.467 e. The van der Waals surface area contributed by atoms with E-state index in [0.29, 0.717) is 5.75 Å². The van der Waals surface area contributed by atoms with Crippen molar-refractivity contribution in [1.29, 1.82) is 0 Å².